The van der Waals surface area contributed by atoms with Crippen molar-refractivity contribution >= 4 is 0 Å². The van der Waals surface area contributed by atoms with Crippen LogP contribution in [-0.2, 0) is 6.42 Å². The van der Waals surface area contributed by atoms with Gasteiger partial charge in [0.1, 0.15) is 5.82 Å². The van der Waals surface area contributed by atoms with Crippen molar-refractivity contribution in [2.45, 2.75) is 33.2 Å². The van der Waals surface area contributed by atoms with Crippen LogP contribution in [0, 0.1) is 19.7 Å². The Balaban J connectivity index is 2.59. The Labute approximate surface area is 120 Å². The van der Waals surface area contributed by atoms with Crippen LogP contribution in [0.3, 0.4) is 0 Å². The molecular formula is C18H22FN. The highest BCUT2D eigenvalue weighted by Gasteiger charge is 2.20. The van der Waals surface area contributed by atoms with Gasteiger partial charge in [-0.05, 0) is 55.6 Å². The molecule has 2 aromatic carbocycles. The number of halogens is 1. The zero-order valence-corrected chi connectivity index (χ0v) is 12.6. The molecule has 0 radical (unpaired) electrons. The fourth-order valence-electron chi connectivity index (χ4n) is 2.89. The van der Waals surface area contributed by atoms with Crippen LogP contribution in [0.1, 0.15) is 40.8 Å². The zero-order chi connectivity index (χ0) is 14.7. The average molecular weight is 271 g/mol. The van der Waals surface area contributed by atoms with Gasteiger partial charge in [0.25, 0.3) is 0 Å². The first-order valence-corrected chi connectivity index (χ1v) is 7.10. The molecule has 0 aliphatic carbocycles. The normalized spacial score (nSPS) is 12.4. The highest BCUT2D eigenvalue weighted by molar-refractivity contribution is 5.42. The van der Waals surface area contributed by atoms with E-state index in [2.05, 4.69) is 24.4 Å². The summed E-state index contributed by atoms with van der Waals surface area (Å²) in [4.78, 5) is 0. The molecule has 0 saturated heterocycles. The second-order valence-electron chi connectivity index (χ2n) is 5.25. The van der Waals surface area contributed by atoms with Gasteiger partial charge in [-0.2, -0.15) is 0 Å². The first-order valence-electron chi connectivity index (χ1n) is 7.10. The third kappa shape index (κ3) is 2.75. The molecule has 1 atom stereocenters. The molecular weight excluding hydrogens is 249 g/mol. The lowest BCUT2D eigenvalue weighted by atomic mass is 9.90. The number of aryl methyl sites for hydroxylation is 3. The van der Waals surface area contributed by atoms with E-state index in [1.165, 1.54) is 5.56 Å². The van der Waals surface area contributed by atoms with Crippen molar-refractivity contribution in [1.29, 1.82) is 0 Å². The summed E-state index contributed by atoms with van der Waals surface area (Å²) in [5.41, 5.74) is 5.11. The predicted molar refractivity (Wildman–Crippen MR) is 82.6 cm³/mol. The van der Waals surface area contributed by atoms with Crippen LogP contribution in [-0.4, -0.2) is 7.05 Å². The van der Waals surface area contributed by atoms with Crippen LogP contribution in [0.4, 0.5) is 4.39 Å². The van der Waals surface area contributed by atoms with Gasteiger partial charge in [0.05, 0.1) is 6.04 Å². The fourth-order valence-corrected chi connectivity index (χ4v) is 2.89. The van der Waals surface area contributed by atoms with E-state index in [1.807, 2.05) is 39.1 Å². The molecule has 1 nitrogen and oxygen atoms in total. The smallest absolute Gasteiger partial charge is 0.128 e. The zero-order valence-electron chi connectivity index (χ0n) is 12.6. The lowest BCUT2D eigenvalue weighted by Crippen LogP contribution is -2.21. The summed E-state index contributed by atoms with van der Waals surface area (Å²) in [5, 5.41) is 3.27. The molecule has 2 aromatic rings. The predicted octanol–water partition coefficient (Wildman–Crippen LogP) is 4.31. The maximum absolute atomic E-state index is 14.4. The van der Waals surface area contributed by atoms with Crippen LogP contribution < -0.4 is 5.32 Å². The highest BCUT2D eigenvalue weighted by Crippen LogP contribution is 2.30. The average Bonchev–Trinajstić information content (AvgIpc) is 2.42. The number of nitrogens with one attached hydrogen (secondary N) is 1. The molecule has 0 spiro atoms. The van der Waals surface area contributed by atoms with Gasteiger partial charge in [-0.3, -0.25) is 0 Å². The summed E-state index contributed by atoms with van der Waals surface area (Å²) in [6.07, 6.45) is 0.945. The summed E-state index contributed by atoms with van der Waals surface area (Å²) in [6.45, 7) is 6.03. The van der Waals surface area contributed by atoms with Gasteiger partial charge in [0, 0.05) is 5.56 Å². The molecule has 20 heavy (non-hydrogen) atoms. The first kappa shape index (κ1) is 14.7. The van der Waals surface area contributed by atoms with Crippen molar-refractivity contribution in [3.05, 3.63) is 70.0 Å². The van der Waals surface area contributed by atoms with E-state index in [-0.39, 0.29) is 11.9 Å². The van der Waals surface area contributed by atoms with Gasteiger partial charge in [-0.25, -0.2) is 4.39 Å². The summed E-state index contributed by atoms with van der Waals surface area (Å²) in [7, 11) is 1.88. The Morgan fingerprint density at radius 1 is 1.15 bits per heavy atom. The fraction of sp³-hybridized carbons (Fsp3) is 0.333. The van der Waals surface area contributed by atoms with Gasteiger partial charge in [0.2, 0.25) is 0 Å². The molecule has 1 N–H and O–H groups in total. The SMILES string of the molecule is CCc1ccccc1C(NC)c1c(C)cc(C)cc1F. The molecule has 106 valence electrons. The maximum atomic E-state index is 14.4. The van der Waals surface area contributed by atoms with Gasteiger partial charge >= 0.3 is 0 Å². The Hall–Kier alpha value is -1.67. The molecule has 0 aliphatic rings. The van der Waals surface area contributed by atoms with Gasteiger partial charge in [-0.15, -0.1) is 0 Å². The molecule has 1 unspecified atom stereocenters. The molecule has 0 aliphatic heterocycles. The topological polar surface area (TPSA) is 12.0 Å². The lowest BCUT2D eigenvalue weighted by molar-refractivity contribution is 0.570. The Kier molecular flexibility index (Phi) is 4.56. The summed E-state index contributed by atoms with van der Waals surface area (Å²) in [5.74, 6) is -0.132. The second kappa shape index (κ2) is 6.19. The van der Waals surface area contributed by atoms with Crippen LogP contribution in [0.5, 0.6) is 0 Å². The van der Waals surface area contributed by atoms with Crippen LogP contribution >= 0.6 is 0 Å². The number of rotatable bonds is 4. The Morgan fingerprint density at radius 2 is 1.85 bits per heavy atom. The third-order valence-electron chi connectivity index (χ3n) is 3.81. The number of hydrogen-bond donors (Lipinski definition) is 1. The maximum Gasteiger partial charge on any atom is 0.128 e. The van der Waals surface area contributed by atoms with E-state index in [9.17, 15) is 4.39 Å². The van der Waals surface area contributed by atoms with Crippen molar-refractivity contribution in [3.63, 3.8) is 0 Å². The third-order valence-corrected chi connectivity index (χ3v) is 3.81. The molecule has 0 heterocycles. The largest absolute Gasteiger partial charge is 0.309 e. The molecule has 0 amide bonds. The molecule has 0 fully saturated rings. The van der Waals surface area contributed by atoms with Crippen molar-refractivity contribution < 1.29 is 4.39 Å². The molecule has 0 saturated carbocycles. The number of hydrogen-bond acceptors (Lipinski definition) is 1. The van der Waals surface area contributed by atoms with Crippen molar-refractivity contribution in [1.82, 2.24) is 5.32 Å². The molecule has 2 heteroatoms. The quantitative estimate of drug-likeness (QED) is 0.873. The Morgan fingerprint density at radius 3 is 2.45 bits per heavy atom. The van der Waals surface area contributed by atoms with E-state index in [0.29, 0.717) is 0 Å². The summed E-state index contributed by atoms with van der Waals surface area (Å²) in [6, 6.07) is 11.8. The highest BCUT2D eigenvalue weighted by atomic mass is 19.1. The second-order valence-corrected chi connectivity index (χ2v) is 5.25. The van der Waals surface area contributed by atoms with Gasteiger partial charge in [-0.1, -0.05) is 37.3 Å². The van der Waals surface area contributed by atoms with E-state index < -0.39 is 0 Å². The van der Waals surface area contributed by atoms with Crippen LogP contribution in [0.25, 0.3) is 0 Å². The molecule has 0 aromatic heterocycles. The van der Waals surface area contributed by atoms with Gasteiger partial charge < -0.3 is 5.32 Å². The van der Waals surface area contributed by atoms with Crippen molar-refractivity contribution in [2.75, 3.05) is 7.05 Å². The Bertz CT molecular complexity index is 581. The lowest BCUT2D eigenvalue weighted by Gasteiger charge is -2.23. The monoisotopic (exact) mass is 271 g/mol. The minimum absolute atomic E-state index is 0.105. The summed E-state index contributed by atoms with van der Waals surface area (Å²) < 4.78 is 14.4. The minimum Gasteiger partial charge on any atom is -0.309 e. The number of benzene rings is 2. The van der Waals surface area contributed by atoms with E-state index in [4.69, 9.17) is 0 Å². The molecule has 2 rings (SSSR count). The van der Waals surface area contributed by atoms with Gasteiger partial charge in [0.15, 0.2) is 0 Å². The van der Waals surface area contributed by atoms with E-state index in [1.54, 1.807) is 6.07 Å². The standard InChI is InChI=1S/C18H22FN/c1-5-14-8-6-7-9-15(14)18(20-4)17-13(3)10-12(2)11-16(17)19/h6-11,18,20H,5H2,1-4H3. The van der Waals surface area contributed by atoms with E-state index >= 15 is 0 Å². The minimum atomic E-state index is -0.132. The first-order chi connectivity index (χ1) is 9.58. The van der Waals surface area contributed by atoms with Crippen LogP contribution in [0.15, 0.2) is 36.4 Å². The summed E-state index contributed by atoms with van der Waals surface area (Å²) >= 11 is 0. The van der Waals surface area contributed by atoms with Crippen molar-refractivity contribution in [2.24, 2.45) is 0 Å². The molecule has 0 bridgehead atoms. The van der Waals surface area contributed by atoms with Crippen molar-refractivity contribution in [3.8, 4) is 0 Å². The van der Waals surface area contributed by atoms with Crippen LogP contribution in [0.2, 0.25) is 0 Å². The van der Waals surface area contributed by atoms with E-state index in [0.717, 1.165) is 28.7 Å².